The van der Waals surface area contributed by atoms with Crippen molar-refractivity contribution in [3.8, 4) is 0 Å². The van der Waals surface area contributed by atoms with E-state index in [4.69, 9.17) is 24.2 Å². The smallest absolute Gasteiger partial charge is 0.228 e. The Bertz CT molecular complexity index is 733. The van der Waals surface area contributed by atoms with E-state index in [9.17, 15) is 9.59 Å². The van der Waals surface area contributed by atoms with Crippen LogP contribution in [0.25, 0.3) is 0 Å². The van der Waals surface area contributed by atoms with Crippen LogP contribution in [0.15, 0.2) is 22.7 Å². The van der Waals surface area contributed by atoms with E-state index in [2.05, 4.69) is 0 Å². The summed E-state index contributed by atoms with van der Waals surface area (Å²) in [5, 5.41) is 9.17. The zero-order valence-corrected chi connectivity index (χ0v) is 14.2. The number of ether oxygens (including phenoxy) is 2. The first-order chi connectivity index (χ1) is 14.1. The van der Waals surface area contributed by atoms with Gasteiger partial charge in [-0.1, -0.05) is 38.5 Å². The zero-order valence-electron chi connectivity index (χ0n) is 21.2. The summed E-state index contributed by atoms with van der Waals surface area (Å²) in [5.41, 5.74) is 0.420. The van der Waals surface area contributed by atoms with Crippen LogP contribution in [-0.2, 0) is 19.1 Å². The first-order valence-corrected chi connectivity index (χ1v) is 8.11. The van der Waals surface area contributed by atoms with Crippen LogP contribution in [0.5, 0.6) is 0 Å². The molecule has 0 spiro atoms. The minimum Gasteiger partial charge on any atom is -0.489 e. The summed E-state index contributed by atoms with van der Waals surface area (Å²) in [6, 6.07) is 0. The molecule has 5 nitrogen and oxygen atoms in total. The fraction of sp³-hybridized carbons (Fsp3) is 0.684. The lowest BCUT2D eigenvalue weighted by molar-refractivity contribution is -0.121. The predicted molar refractivity (Wildman–Crippen MR) is 92.4 cm³/mol. The van der Waals surface area contributed by atoms with E-state index in [0.29, 0.717) is 25.7 Å². The van der Waals surface area contributed by atoms with Crippen molar-refractivity contribution in [2.45, 2.75) is 64.7 Å². The molecule has 0 aliphatic heterocycles. The SMILES string of the molecule is [2H]C([2H])([2H])OC1=C(OC)C(=O)C(CCCCCCCCC([2H])([2H])C([2H])([2H])O)=C(C)C1=O. The quantitative estimate of drug-likeness (QED) is 0.433. The van der Waals surface area contributed by atoms with Gasteiger partial charge in [-0.15, -0.1) is 0 Å². The van der Waals surface area contributed by atoms with Crippen LogP contribution in [0.3, 0.4) is 0 Å². The summed E-state index contributed by atoms with van der Waals surface area (Å²) in [5.74, 6) is -2.24. The minimum atomic E-state index is -2.88. The van der Waals surface area contributed by atoms with Crippen molar-refractivity contribution in [3.63, 3.8) is 0 Å². The molecule has 0 unspecified atom stereocenters. The van der Waals surface area contributed by atoms with Crippen LogP contribution < -0.4 is 0 Å². The summed E-state index contributed by atoms with van der Waals surface area (Å²) < 4.78 is 60.3. The van der Waals surface area contributed by atoms with Gasteiger partial charge in [-0.3, -0.25) is 9.59 Å². The molecule has 1 N–H and O–H groups in total. The number of allylic oxidation sites excluding steroid dienone is 2. The summed E-state index contributed by atoms with van der Waals surface area (Å²) >= 11 is 0. The Hall–Kier alpha value is -1.62. The average molecular weight is 345 g/mol. The Morgan fingerprint density at radius 2 is 1.54 bits per heavy atom. The molecule has 0 radical (unpaired) electrons. The van der Waals surface area contributed by atoms with Crippen LogP contribution in [0.4, 0.5) is 0 Å². The van der Waals surface area contributed by atoms with Crippen LogP contribution in [0.2, 0.25) is 0 Å². The molecular formula is C19H30O5. The Labute approximate surface area is 154 Å². The van der Waals surface area contributed by atoms with Crippen LogP contribution in [0, 0.1) is 0 Å². The second-order valence-corrected chi connectivity index (χ2v) is 5.64. The van der Waals surface area contributed by atoms with Gasteiger partial charge in [0.15, 0.2) is 0 Å². The monoisotopic (exact) mass is 345 g/mol. The lowest BCUT2D eigenvalue weighted by Crippen LogP contribution is -2.25. The number of rotatable bonds is 12. The van der Waals surface area contributed by atoms with Gasteiger partial charge in [-0.05, 0) is 26.1 Å². The van der Waals surface area contributed by atoms with Crippen molar-refractivity contribution >= 4 is 11.6 Å². The van der Waals surface area contributed by atoms with Crippen molar-refractivity contribution in [2.75, 3.05) is 20.7 Å². The van der Waals surface area contributed by atoms with E-state index in [-0.39, 0.29) is 17.6 Å². The highest BCUT2D eigenvalue weighted by atomic mass is 16.5. The lowest BCUT2D eigenvalue weighted by Gasteiger charge is -2.20. The molecule has 0 saturated heterocycles. The highest BCUT2D eigenvalue weighted by molar-refractivity contribution is 6.23. The number of hydrogen-bond acceptors (Lipinski definition) is 5. The van der Waals surface area contributed by atoms with Gasteiger partial charge in [0.1, 0.15) is 0 Å². The van der Waals surface area contributed by atoms with Crippen LogP contribution in [0.1, 0.15) is 74.3 Å². The number of aliphatic hydroxyl groups is 1. The highest BCUT2D eigenvalue weighted by Crippen LogP contribution is 2.28. The molecule has 1 aliphatic rings. The highest BCUT2D eigenvalue weighted by Gasteiger charge is 2.34. The van der Waals surface area contributed by atoms with Gasteiger partial charge < -0.3 is 14.6 Å². The topological polar surface area (TPSA) is 72.8 Å². The van der Waals surface area contributed by atoms with E-state index in [0.717, 1.165) is 19.3 Å². The summed E-state index contributed by atoms with van der Waals surface area (Å²) in [6.07, 6.45) is 2.07. The van der Waals surface area contributed by atoms with Gasteiger partial charge in [0.2, 0.25) is 23.1 Å². The molecule has 1 rings (SSSR count). The minimum absolute atomic E-state index is 0.0774. The molecule has 0 aromatic heterocycles. The summed E-state index contributed by atoms with van der Waals surface area (Å²) in [6.45, 7) is -1.41. The van der Waals surface area contributed by atoms with E-state index in [1.807, 2.05) is 0 Å². The van der Waals surface area contributed by atoms with Gasteiger partial charge in [0, 0.05) is 20.4 Å². The number of Topliss-reactive ketones (excluding diaryl/α,β-unsaturated/α-hetero) is 2. The van der Waals surface area contributed by atoms with Gasteiger partial charge >= 0.3 is 0 Å². The Balaban J connectivity index is 2.51. The Morgan fingerprint density at radius 3 is 2.12 bits per heavy atom. The van der Waals surface area contributed by atoms with Gasteiger partial charge in [-0.2, -0.15) is 0 Å². The number of carbonyl (C=O) groups is 2. The van der Waals surface area contributed by atoms with Crippen molar-refractivity contribution < 1.29 is 33.8 Å². The number of methoxy groups -OCH3 is 2. The number of unbranched alkanes of at least 4 members (excludes halogenated alkanes) is 5. The zero-order chi connectivity index (χ0) is 24.0. The van der Waals surface area contributed by atoms with Crippen LogP contribution >= 0.6 is 0 Å². The molecule has 0 saturated carbocycles. The van der Waals surface area contributed by atoms with E-state index < -0.39 is 43.1 Å². The maximum Gasteiger partial charge on any atom is 0.228 e. The fourth-order valence-corrected chi connectivity index (χ4v) is 2.68. The maximum atomic E-state index is 12.6. The molecule has 0 aromatic rings. The van der Waals surface area contributed by atoms with Crippen LogP contribution in [-0.4, -0.2) is 37.4 Å². The van der Waals surface area contributed by atoms with Gasteiger partial charge in [0.05, 0.1) is 21.0 Å². The van der Waals surface area contributed by atoms with E-state index in [1.54, 1.807) is 0 Å². The second-order valence-electron chi connectivity index (χ2n) is 5.64. The standard InChI is InChI=1S/C19H30O5/c1-14-15(12-10-8-6-4-5-7-9-11-13-20)17(22)19(24-3)18(23-2)16(14)21/h20H,4-13H2,1-3H3/i2D3,11D2,13D2. The normalized spacial score (nSPS) is 21.4. The van der Waals surface area contributed by atoms with Gasteiger partial charge in [-0.25, -0.2) is 0 Å². The molecule has 5 heteroatoms. The molecule has 0 bridgehead atoms. The fourth-order valence-electron chi connectivity index (χ4n) is 2.68. The van der Waals surface area contributed by atoms with Crippen molar-refractivity contribution in [1.82, 2.24) is 0 Å². The molecule has 136 valence electrons. The van der Waals surface area contributed by atoms with E-state index >= 15 is 0 Å². The molecular weight excluding hydrogens is 308 g/mol. The predicted octanol–water partition coefficient (Wildman–Crippen LogP) is 3.46. The molecule has 0 atom stereocenters. The first kappa shape index (κ1) is 11.9. The van der Waals surface area contributed by atoms with Crippen molar-refractivity contribution in [1.29, 1.82) is 0 Å². The van der Waals surface area contributed by atoms with E-state index in [1.165, 1.54) is 14.0 Å². The third-order valence-electron chi connectivity index (χ3n) is 4.05. The summed E-state index contributed by atoms with van der Waals surface area (Å²) in [7, 11) is -1.71. The first-order valence-electron chi connectivity index (χ1n) is 11.6. The Kier molecular flexibility index (Phi) is 5.44. The largest absolute Gasteiger partial charge is 0.489 e. The summed E-state index contributed by atoms with van der Waals surface area (Å²) in [4.78, 5) is 25.1. The third kappa shape index (κ3) is 5.48. The molecule has 0 amide bonds. The molecule has 0 aromatic carbocycles. The maximum absolute atomic E-state index is 12.6. The van der Waals surface area contributed by atoms with Crippen molar-refractivity contribution in [2.24, 2.45) is 0 Å². The lowest BCUT2D eigenvalue weighted by atomic mass is 9.89. The third-order valence-corrected chi connectivity index (χ3v) is 4.05. The molecule has 1 aliphatic carbocycles. The second kappa shape index (κ2) is 11.0. The number of ketones is 2. The molecule has 0 fully saturated rings. The Morgan fingerprint density at radius 1 is 0.958 bits per heavy atom. The average Bonchev–Trinajstić information content (AvgIpc) is 2.62. The molecule has 0 heterocycles. The molecule has 24 heavy (non-hydrogen) atoms. The number of hydrogen-bond donors (Lipinski definition) is 1. The van der Waals surface area contributed by atoms with Crippen molar-refractivity contribution in [3.05, 3.63) is 22.7 Å². The number of carbonyl (C=O) groups excluding carboxylic acids is 2. The van der Waals surface area contributed by atoms with Gasteiger partial charge in [0.25, 0.3) is 0 Å².